The van der Waals surface area contributed by atoms with E-state index in [1.165, 1.54) is 19.1 Å². The number of alkyl halides is 3. The molecule has 3 rings (SSSR count). The van der Waals surface area contributed by atoms with E-state index in [4.69, 9.17) is 0 Å². The summed E-state index contributed by atoms with van der Waals surface area (Å²) in [7, 11) is -2.55. The van der Waals surface area contributed by atoms with E-state index >= 15 is 0 Å². The molecule has 0 saturated heterocycles. The molecule has 0 saturated carbocycles. The highest BCUT2D eigenvalue weighted by atomic mass is 79.9. The molecule has 6 nitrogen and oxygen atoms in total. The molecule has 3 aromatic rings. The second-order valence-electron chi connectivity index (χ2n) is 5.74. The Bertz CT molecular complexity index is 1210. The summed E-state index contributed by atoms with van der Waals surface area (Å²) in [4.78, 5) is 16.5. The Balaban J connectivity index is 2.34. The first kappa shape index (κ1) is 19.6. The number of fused-ring (bicyclic) bond motifs is 1. The minimum atomic E-state index is -4.66. The summed E-state index contributed by atoms with van der Waals surface area (Å²) in [5.74, 6) is -0.179. The molecule has 0 amide bonds. The zero-order valence-electron chi connectivity index (χ0n) is 14.1. The Hall–Kier alpha value is -2.14. The van der Waals surface area contributed by atoms with Crippen LogP contribution in [-0.2, 0) is 23.1 Å². The van der Waals surface area contributed by atoms with Gasteiger partial charge in [0, 0.05) is 29.2 Å². The van der Waals surface area contributed by atoms with Gasteiger partial charge in [0.05, 0.1) is 16.3 Å². The molecule has 0 radical (unpaired) electrons. The summed E-state index contributed by atoms with van der Waals surface area (Å²) in [6.07, 6.45) is -4.66. The first-order chi connectivity index (χ1) is 12.5. The highest BCUT2D eigenvalue weighted by Gasteiger charge is 2.35. The summed E-state index contributed by atoms with van der Waals surface area (Å²) in [6.45, 7) is 1.47. The Labute approximate surface area is 160 Å². The van der Waals surface area contributed by atoms with Gasteiger partial charge >= 0.3 is 6.18 Å². The number of halogens is 4. The van der Waals surface area contributed by atoms with Gasteiger partial charge in [-0.3, -0.25) is 9.48 Å². The van der Waals surface area contributed by atoms with Crippen molar-refractivity contribution in [1.29, 1.82) is 0 Å². The molecule has 0 aliphatic carbocycles. The summed E-state index contributed by atoms with van der Waals surface area (Å²) in [5, 5.41) is 0. The van der Waals surface area contributed by atoms with Crippen molar-refractivity contribution in [2.45, 2.75) is 18.0 Å². The lowest BCUT2D eigenvalue weighted by Gasteiger charge is -2.10. The number of hydrogen-bond acceptors (Lipinski definition) is 4. The third-order valence-electron chi connectivity index (χ3n) is 4.06. The Morgan fingerprint density at radius 3 is 2.44 bits per heavy atom. The fraction of sp³-hybridized carbons (Fsp3) is 0.250. The standard InChI is InChI=1S/C16H13BrF3N3O3S/c1-3-27(25,26)12-6-9(17)4-5-10(12)11-7-15(24)23-14(21-11)8-13(22(23)2)16(18,19)20/h4-8H,3H2,1-2H3. The first-order valence-electron chi connectivity index (χ1n) is 7.65. The highest BCUT2D eigenvalue weighted by molar-refractivity contribution is 9.10. The maximum Gasteiger partial charge on any atom is 0.433 e. The quantitative estimate of drug-likeness (QED) is 0.597. The topological polar surface area (TPSA) is 73.4 Å². The molecule has 0 fully saturated rings. The molecular formula is C16H13BrF3N3O3S. The van der Waals surface area contributed by atoms with Crippen LogP contribution >= 0.6 is 15.9 Å². The van der Waals surface area contributed by atoms with Crippen molar-refractivity contribution in [2.24, 2.45) is 7.05 Å². The van der Waals surface area contributed by atoms with Crippen LogP contribution in [0.2, 0.25) is 0 Å². The van der Waals surface area contributed by atoms with Crippen LogP contribution < -0.4 is 5.56 Å². The van der Waals surface area contributed by atoms with Crippen LogP contribution in [0.3, 0.4) is 0 Å². The van der Waals surface area contributed by atoms with Gasteiger partial charge < -0.3 is 0 Å². The van der Waals surface area contributed by atoms with Gasteiger partial charge in [0.15, 0.2) is 15.5 Å². The van der Waals surface area contributed by atoms with E-state index in [9.17, 15) is 26.4 Å². The molecule has 2 aromatic heterocycles. The summed E-state index contributed by atoms with van der Waals surface area (Å²) < 4.78 is 66.1. The molecule has 0 aliphatic heterocycles. The van der Waals surface area contributed by atoms with Crippen LogP contribution in [-0.4, -0.2) is 28.4 Å². The average Bonchev–Trinajstić information content (AvgIpc) is 2.92. The van der Waals surface area contributed by atoms with Crippen molar-refractivity contribution >= 4 is 31.4 Å². The summed E-state index contributed by atoms with van der Waals surface area (Å²) in [5.41, 5.74) is -1.89. The van der Waals surface area contributed by atoms with E-state index in [2.05, 4.69) is 20.9 Å². The second-order valence-corrected chi connectivity index (χ2v) is 8.91. The van der Waals surface area contributed by atoms with Gasteiger partial charge in [-0.1, -0.05) is 28.9 Å². The number of nitrogens with zero attached hydrogens (tertiary/aromatic N) is 3. The molecule has 0 atom stereocenters. The lowest BCUT2D eigenvalue weighted by Crippen LogP contribution is -2.22. The van der Waals surface area contributed by atoms with Crippen molar-refractivity contribution in [3.05, 3.63) is 50.9 Å². The third-order valence-corrected chi connectivity index (χ3v) is 6.32. The van der Waals surface area contributed by atoms with Crippen LogP contribution in [0.1, 0.15) is 12.6 Å². The second kappa shape index (κ2) is 6.48. The van der Waals surface area contributed by atoms with Crippen molar-refractivity contribution in [3.63, 3.8) is 0 Å². The number of hydrogen-bond donors (Lipinski definition) is 0. The first-order valence-corrected chi connectivity index (χ1v) is 10.1. The third kappa shape index (κ3) is 3.41. The average molecular weight is 464 g/mol. The molecule has 0 N–H and O–H groups in total. The minimum Gasteiger partial charge on any atom is -0.275 e. The molecule has 0 spiro atoms. The zero-order chi connectivity index (χ0) is 20.1. The van der Waals surface area contributed by atoms with Crippen molar-refractivity contribution in [2.75, 3.05) is 5.75 Å². The number of rotatable bonds is 3. The number of sulfone groups is 1. The van der Waals surface area contributed by atoms with Crippen molar-refractivity contribution in [1.82, 2.24) is 14.2 Å². The summed E-state index contributed by atoms with van der Waals surface area (Å²) >= 11 is 3.20. The number of benzene rings is 1. The van der Waals surface area contributed by atoms with Gasteiger partial charge in [-0.2, -0.15) is 17.7 Å². The Morgan fingerprint density at radius 2 is 1.85 bits per heavy atom. The molecule has 0 unspecified atom stereocenters. The fourth-order valence-electron chi connectivity index (χ4n) is 2.74. The van der Waals surface area contributed by atoms with Gasteiger partial charge in [-0.15, -0.1) is 0 Å². The molecule has 1 aromatic carbocycles. The van der Waals surface area contributed by atoms with Crippen LogP contribution in [0.5, 0.6) is 0 Å². The Morgan fingerprint density at radius 1 is 1.19 bits per heavy atom. The van der Waals surface area contributed by atoms with E-state index in [1.807, 2.05) is 0 Å². The highest BCUT2D eigenvalue weighted by Crippen LogP contribution is 2.32. The summed E-state index contributed by atoms with van der Waals surface area (Å²) in [6, 6.07) is 6.17. The molecular weight excluding hydrogens is 451 g/mol. The van der Waals surface area contributed by atoms with Crippen LogP contribution in [0.15, 0.2) is 44.5 Å². The van der Waals surface area contributed by atoms with Crippen LogP contribution in [0.4, 0.5) is 13.2 Å². The molecule has 27 heavy (non-hydrogen) atoms. The van der Waals surface area contributed by atoms with Crippen molar-refractivity contribution in [3.8, 4) is 11.3 Å². The van der Waals surface area contributed by atoms with Gasteiger partial charge in [0.2, 0.25) is 0 Å². The van der Waals surface area contributed by atoms with E-state index < -0.39 is 27.3 Å². The van der Waals surface area contributed by atoms with Gasteiger partial charge in [0.25, 0.3) is 5.56 Å². The predicted molar refractivity (Wildman–Crippen MR) is 96.3 cm³/mol. The number of aromatic nitrogens is 3. The number of aryl methyl sites for hydroxylation is 1. The smallest absolute Gasteiger partial charge is 0.275 e. The van der Waals surface area contributed by atoms with Gasteiger partial charge in [-0.25, -0.2) is 13.4 Å². The lowest BCUT2D eigenvalue weighted by atomic mass is 10.1. The molecule has 2 heterocycles. The maximum atomic E-state index is 13.1. The van der Waals surface area contributed by atoms with Gasteiger partial charge in [0.1, 0.15) is 5.69 Å². The van der Waals surface area contributed by atoms with Crippen LogP contribution in [0, 0.1) is 0 Å². The fourth-order valence-corrected chi connectivity index (χ4v) is 4.37. The largest absolute Gasteiger partial charge is 0.433 e. The van der Waals surface area contributed by atoms with Crippen LogP contribution in [0.25, 0.3) is 16.9 Å². The SMILES string of the molecule is CCS(=O)(=O)c1cc(Br)ccc1-c1cc(=O)n2c(cc(C(F)(F)F)n2C)n1. The van der Waals surface area contributed by atoms with E-state index in [0.717, 1.165) is 23.7 Å². The minimum absolute atomic E-state index is 0.0150. The predicted octanol–water partition coefficient (Wildman–Crippen LogP) is 3.27. The van der Waals surface area contributed by atoms with E-state index in [-0.39, 0.29) is 27.6 Å². The lowest BCUT2D eigenvalue weighted by molar-refractivity contribution is -0.143. The zero-order valence-corrected chi connectivity index (χ0v) is 16.5. The molecule has 144 valence electrons. The van der Waals surface area contributed by atoms with E-state index in [0.29, 0.717) is 9.15 Å². The maximum absolute atomic E-state index is 13.1. The van der Waals surface area contributed by atoms with Crippen molar-refractivity contribution < 1.29 is 21.6 Å². The van der Waals surface area contributed by atoms with Gasteiger partial charge in [-0.05, 0) is 12.1 Å². The monoisotopic (exact) mass is 463 g/mol. The molecule has 0 aliphatic rings. The Kier molecular flexibility index (Phi) is 4.71. The molecule has 0 bridgehead atoms. The normalized spacial score (nSPS) is 12.7. The molecule has 11 heteroatoms. The van der Waals surface area contributed by atoms with E-state index in [1.54, 1.807) is 6.07 Å².